The fourth-order valence-corrected chi connectivity index (χ4v) is 3.47. The van der Waals surface area contributed by atoms with Gasteiger partial charge >= 0.3 is 0 Å². The van der Waals surface area contributed by atoms with Gasteiger partial charge in [0.25, 0.3) is 0 Å². The summed E-state index contributed by atoms with van der Waals surface area (Å²) >= 11 is 0. The van der Waals surface area contributed by atoms with Gasteiger partial charge < -0.3 is 5.73 Å². The molecule has 2 aliphatic carbocycles. The van der Waals surface area contributed by atoms with Crippen molar-refractivity contribution in [1.82, 2.24) is 0 Å². The van der Waals surface area contributed by atoms with Gasteiger partial charge in [0.15, 0.2) is 0 Å². The van der Waals surface area contributed by atoms with Gasteiger partial charge in [-0.1, -0.05) is 38.1 Å². The predicted molar refractivity (Wildman–Crippen MR) is 62.6 cm³/mol. The third-order valence-corrected chi connectivity index (χ3v) is 4.59. The fraction of sp³-hybridized carbons (Fsp3) is 0.571. The van der Waals surface area contributed by atoms with Crippen LogP contribution in [0.1, 0.15) is 25.0 Å². The van der Waals surface area contributed by atoms with Crippen LogP contribution in [-0.2, 0) is 12.8 Å². The van der Waals surface area contributed by atoms with E-state index in [0.717, 1.165) is 11.8 Å². The van der Waals surface area contributed by atoms with E-state index >= 15 is 0 Å². The summed E-state index contributed by atoms with van der Waals surface area (Å²) in [5.74, 6) is 1.54. The number of fused-ring (bicyclic) bond motifs is 1. The molecule has 0 bridgehead atoms. The Hall–Kier alpha value is -0.820. The molecule has 3 rings (SSSR count). The highest BCUT2D eigenvalue weighted by atomic mass is 14.8. The van der Waals surface area contributed by atoms with Crippen LogP contribution in [0.3, 0.4) is 0 Å². The van der Waals surface area contributed by atoms with Gasteiger partial charge in [-0.05, 0) is 41.2 Å². The number of hydrogen-bond acceptors (Lipinski definition) is 1. The second-order valence-corrected chi connectivity index (χ2v) is 5.81. The Bertz CT molecular complexity index is 369. The van der Waals surface area contributed by atoms with E-state index in [0.29, 0.717) is 11.5 Å². The molecule has 2 atom stereocenters. The molecule has 1 saturated carbocycles. The van der Waals surface area contributed by atoms with E-state index in [1.807, 2.05) is 0 Å². The molecular formula is C14H19N. The minimum absolute atomic E-state index is 0.382. The molecule has 1 heteroatoms. The van der Waals surface area contributed by atoms with Crippen molar-refractivity contribution in [3.8, 4) is 0 Å². The molecule has 0 aromatic heterocycles. The molecule has 0 saturated heterocycles. The van der Waals surface area contributed by atoms with E-state index in [1.54, 1.807) is 11.1 Å². The Kier molecular flexibility index (Phi) is 1.79. The highest BCUT2D eigenvalue weighted by Gasteiger charge is 2.59. The van der Waals surface area contributed by atoms with Gasteiger partial charge in [0, 0.05) is 6.04 Å². The Labute approximate surface area is 91.7 Å². The molecule has 0 heterocycles. The third-order valence-electron chi connectivity index (χ3n) is 4.59. The molecule has 1 nitrogen and oxygen atoms in total. The second kappa shape index (κ2) is 2.85. The first-order chi connectivity index (χ1) is 7.10. The molecule has 0 amide bonds. The molecule has 80 valence electrons. The summed E-state index contributed by atoms with van der Waals surface area (Å²) in [5, 5.41) is 0. The number of rotatable bonds is 1. The lowest BCUT2D eigenvalue weighted by Crippen LogP contribution is -2.11. The Balaban J connectivity index is 1.81. The maximum Gasteiger partial charge on any atom is 0.0131 e. The van der Waals surface area contributed by atoms with Gasteiger partial charge in [0.05, 0.1) is 0 Å². The zero-order valence-electron chi connectivity index (χ0n) is 9.53. The molecule has 0 spiro atoms. The zero-order chi connectivity index (χ0) is 10.6. The van der Waals surface area contributed by atoms with Crippen LogP contribution < -0.4 is 5.73 Å². The standard InChI is InChI=1S/C14H19N/c1-14(2)12(13(14)15)11-7-9-5-3-4-6-10(9)8-11/h3-6,11-13H,7-8,15H2,1-2H3/t12-,13-/m1/s1. The summed E-state index contributed by atoms with van der Waals surface area (Å²) in [6.45, 7) is 4.62. The van der Waals surface area contributed by atoms with Crippen LogP contribution in [0.5, 0.6) is 0 Å². The van der Waals surface area contributed by atoms with Gasteiger partial charge in [-0.3, -0.25) is 0 Å². The van der Waals surface area contributed by atoms with E-state index in [4.69, 9.17) is 5.73 Å². The first-order valence-corrected chi connectivity index (χ1v) is 5.93. The highest BCUT2D eigenvalue weighted by Crippen LogP contribution is 2.57. The normalized spacial score (nSPS) is 32.7. The number of hydrogen-bond donors (Lipinski definition) is 1. The third kappa shape index (κ3) is 1.26. The van der Waals surface area contributed by atoms with Crippen molar-refractivity contribution in [2.24, 2.45) is 23.0 Å². The lowest BCUT2D eigenvalue weighted by atomic mass is 9.94. The molecular weight excluding hydrogens is 182 g/mol. The Morgan fingerprint density at radius 3 is 2.00 bits per heavy atom. The summed E-state index contributed by atoms with van der Waals surface area (Å²) in [6.07, 6.45) is 2.50. The summed E-state index contributed by atoms with van der Waals surface area (Å²) in [7, 11) is 0. The molecule has 1 fully saturated rings. The molecule has 1 aromatic rings. The summed E-state index contributed by atoms with van der Waals surface area (Å²) in [6, 6.07) is 9.28. The maximum atomic E-state index is 6.16. The lowest BCUT2D eigenvalue weighted by molar-refractivity contribution is 0.409. The topological polar surface area (TPSA) is 26.0 Å². The van der Waals surface area contributed by atoms with Crippen LogP contribution in [-0.4, -0.2) is 6.04 Å². The number of benzene rings is 1. The quantitative estimate of drug-likeness (QED) is 0.741. The van der Waals surface area contributed by atoms with Crippen molar-refractivity contribution in [1.29, 1.82) is 0 Å². The number of nitrogens with two attached hydrogens (primary N) is 1. The lowest BCUT2D eigenvalue weighted by Gasteiger charge is -2.09. The van der Waals surface area contributed by atoms with E-state index in [1.165, 1.54) is 12.8 Å². The Morgan fingerprint density at radius 1 is 1.13 bits per heavy atom. The molecule has 0 unspecified atom stereocenters. The van der Waals surface area contributed by atoms with Gasteiger partial charge in [-0.15, -0.1) is 0 Å². The second-order valence-electron chi connectivity index (χ2n) is 5.81. The van der Waals surface area contributed by atoms with Crippen LogP contribution >= 0.6 is 0 Å². The van der Waals surface area contributed by atoms with Crippen LogP contribution in [0.25, 0.3) is 0 Å². The summed E-state index contributed by atoms with van der Waals surface area (Å²) < 4.78 is 0. The monoisotopic (exact) mass is 201 g/mol. The van der Waals surface area contributed by atoms with E-state index in [2.05, 4.69) is 38.1 Å². The molecule has 2 N–H and O–H groups in total. The smallest absolute Gasteiger partial charge is 0.0131 e. The first-order valence-electron chi connectivity index (χ1n) is 5.93. The SMILES string of the molecule is CC1(C)[C@H](N)[C@H]1C1Cc2ccccc2C1. The van der Waals surface area contributed by atoms with E-state index < -0.39 is 0 Å². The summed E-state index contributed by atoms with van der Waals surface area (Å²) in [5.41, 5.74) is 9.65. The minimum atomic E-state index is 0.382. The van der Waals surface area contributed by atoms with Crippen molar-refractivity contribution < 1.29 is 0 Å². The molecule has 1 aromatic carbocycles. The van der Waals surface area contributed by atoms with Crippen LogP contribution in [0.4, 0.5) is 0 Å². The van der Waals surface area contributed by atoms with Gasteiger partial charge in [0.2, 0.25) is 0 Å². The Morgan fingerprint density at radius 2 is 1.60 bits per heavy atom. The van der Waals surface area contributed by atoms with Crippen molar-refractivity contribution in [3.05, 3.63) is 35.4 Å². The van der Waals surface area contributed by atoms with E-state index in [9.17, 15) is 0 Å². The van der Waals surface area contributed by atoms with Crippen LogP contribution in [0.2, 0.25) is 0 Å². The molecule has 0 aliphatic heterocycles. The largest absolute Gasteiger partial charge is 0.327 e. The van der Waals surface area contributed by atoms with Gasteiger partial charge in [-0.2, -0.15) is 0 Å². The fourth-order valence-electron chi connectivity index (χ4n) is 3.47. The van der Waals surface area contributed by atoms with Gasteiger partial charge in [0.1, 0.15) is 0 Å². The molecule has 2 aliphatic rings. The molecule has 15 heavy (non-hydrogen) atoms. The van der Waals surface area contributed by atoms with Crippen molar-refractivity contribution >= 4 is 0 Å². The highest BCUT2D eigenvalue weighted by molar-refractivity contribution is 5.34. The zero-order valence-corrected chi connectivity index (χ0v) is 9.53. The average molecular weight is 201 g/mol. The molecule has 0 radical (unpaired) electrons. The van der Waals surface area contributed by atoms with Crippen molar-refractivity contribution in [2.45, 2.75) is 32.7 Å². The minimum Gasteiger partial charge on any atom is -0.327 e. The average Bonchev–Trinajstić information content (AvgIpc) is 2.61. The summed E-state index contributed by atoms with van der Waals surface area (Å²) in [4.78, 5) is 0. The van der Waals surface area contributed by atoms with Crippen LogP contribution in [0, 0.1) is 17.3 Å². The first kappa shape index (κ1) is 9.41. The van der Waals surface area contributed by atoms with Crippen LogP contribution in [0.15, 0.2) is 24.3 Å². The predicted octanol–water partition coefficient (Wildman–Crippen LogP) is 2.38. The maximum absolute atomic E-state index is 6.16. The van der Waals surface area contributed by atoms with E-state index in [-0.39, 0.29) is 0 Å². The van der Waals surface area contributed by atoms with Crippen molar-refractivity contribution in [2.75, 3.05) is 0 Å². The van der Waals surface area contributed by atoms with Gasteiger partial charge in [-0.25, -0.2) is 0 Å². The van der Waals surface area contributed by atoms with Crippen molar-refractivity contribution in [3.63, 3.8) is 0 Å².